The molecule has 0 spiro atoms. The van der Waals surface area contributed by atoms with E-state index in [9.17, 15) is 18.0 Å². The van der Waals surface area contributed by atoms with Gasteiger partial charge in [-0.2, -0.15) is 13.2 Å². The largest absolute Gasteiger partial charge is 0.493 e. The third-order valence-electron chi connectivity index (χ3n) is 4.51. The molecule has 1 amide bonds. The molecular formula is C22H21F3N2O4S. The van der Waals surface area contributed by atoms with Crippen LogP contribution >= 0.6 is 11.8 Å². The maximum atomic E-state index is 12.7. The first-order chi connectivity index (χ1) is 15.2. The maximum absolute atomic E-state index is 12.7. The van der Waals surface area contributed by atoms with Gasteiger partial charge in [-0.1, -0.05) is 17.3 Å². The molecule has 32 heavy (non-hydrogen) atoms. The Bertz CT molecular complexity index is 1080. The zero-order valence-corrected chi connectivity index (χ0v) is 18.4. The van der Waals surface area contributed by atoms with E-state index in [1.54, 1.807) is 37.3 Å². The Kier molecular flexibility index (Phi) is 7.34. The van der Waals surface area contributed by atoms with E-state index in [4.69, 9.17) is 14.0 Å². The summed E-state index contributed by atoms with van der Waals surface area (Å²) in [4.78, 5) is 13.0. The molecule has 0 aliphatic rings. The van der Waals surface area contributed by atoms with Crippen LogP contribution in [0.4, 0.5) is 18.9 Å². The molecule has 1 aromatic heterocycles. The molecule has 0 aliphatic carbocycles. The van der Waals surface area contributed by atoms with Gasteiger partial charge in [0.15, 0.2) is 11.5 Å². The van der Waals surface area contributed by atoms with Crippen molar-refractivity contribution >= 4 is 23.4 Å². The summed E-state index contributed by atoms with van der Waals surface area (Å²) in [6.45, 7) is 3.81. The standard InChI is InChI=1S/C22H21F3N2O4S/c1-13-16(14(2)31-27-13)11-30-18-9-8-15(10-19(18)29-3)21(28)26-17-6-4-5-7-20(17)32-12-22(23,24)25/h4-10H,11-12H2,1-3H3,(H,26,28). The van der Waals surface area contributed by atoms with Crippen molar-refractivity contribution in [3.63, 3.8) is 0 Å². The topological polar surface area (TPSA) is 73.6 Å². The van der Waals surface area contributed by atoms with Crippen LogP contribution in [0.3, 0.4) is 0 Å². The van der Waals surface area contributed by atoms with Crippen LogP contribution in [0.2, 0.25) is 0 Å². The van der Waals surface area contributed by atoms with Crippen molar-refractivity contribution in [1.82, 2.24) is 5.16 Å². The number of ether oxygens (including phenoxy) is 2. The minimum absolute atomic E-state index is 0.215. The molecule has 0 saturated carbocycles. The van der Waals surface area contributed by atoms with E-state index in [1.807, 2.05) is 6.92 Å². The van der Waals surface area contributed by atoms with Gasteiger partial charge in [0.2, 0.25) is 0 Å². The first-order valence-corrected chi connectivity index (χ1v) is 10.5. The van der Waals surface area contributed by atoms with E-state index in [2.05, 4.69) is 10.5 Å². The first-order valence-electron chi connectivity index (χ1n) is 9.50. The highest BCUT2D eigenvalue weighted by Gasteiger charge is 2.27. The van der Waals surface area contributed by atoms with Gasteiger partial charge < -0.3 is 19.3 Å². The van der Waals surface area contributed by atoms with Gasteiger partial charge in [-0.05, 0) is 44.2 Å². The molecule has 1 N–H and O–H groups in total. The summed E-state index contributed by atoms with van der Waals surface area (Å²) < 4.78 is 54.0. The lowest BCUT2D eigenvalue weighted by Gasteiger charge is -2.14. The lowest BCUT2D eigenvalue weighted by atomic mass is 10.1. The van der Waals surface area contributed by atoms with Crippen molar-refractivity contribution in [3.05, 3.63) is 65.0 Å². The fourth-order valence-electron chi connectivity index (χ4n) is 2.84. The number of nitrogens with one attached hydrogen (secondary N) is 1. The summed E-state index contributed by atoms with van der Waals surface area (Å²) >= 11 is 0.612. The van der Waals surface area contributed by atoms with Gasteiger partial charge in [-0.15, -0.1) is 11.8 Å². The van der Waals surface area contributed by atoms with Gasteiger partial charge in [0.1, 0.15) is 12.4 Å². The van der Waals surface area contributed by atoms with Gasteiger partial charge in [0.05, 0.1) is 29.8 Å². The van der Waals surface area contributed by atoms with E-state index in [0.29, 0.717) is 39.6 Å². The van der Waals surface area contributed by atoms with Crippen molar-refractivity contribution in [2.45, 2.75) is 31.5 Å². The number of hydrogen-bond acceptors (Lipinski definition) is 6. The van der Waals surface area contributed by atoms with Gasteiger partial charge in [-0.25, -0.2) is 0 Å². The zero-order chi connectivity index (χ0) is 23.3. The summed E-state index contributed by atoms with van der Waals surface area (Å²) in [5.41, 5.74) is 2.10. The Hall–Kier alpha value is -3.14. The lowest BCUT2D eigenvalue weighted by molar-refractivity contribution is -0.105. The molecule has 1 heterocycles. The number of alkyl halides is 3. The highest BCUT2D eigenvalue weighted by Crippen LogP contribution is 2.33. The van der Waals surface area contributed by atoms with Crippen LogP contribution in [-0.4, -0.2) is 30.1 Å². The van der Waals surface area contributed by atoms with Gasteiger partial charge in [0.25, 0.3) is 5.91 Å². The molecule has 0 atom stereocenters. The molecule has 0 unspecified atom stereocenters. The maximum Gasteiger partial charge on any atom is 0.398 e. The van der Waals surface area contributed by atoms with Crippen molar-refractivity contribution in [1.29, 1.82) is 0 Å². The van der Waals surface area contributed by atoms with Crippen molar-refractivity contribution in [2.24, 2.45) is 0 Å². The molecular weight excluding hydrogens is 445 g/mol. The number of methoxy groups -OCH3 is 1. The van der Waals surface area contributed by atoms with E-state index in [1.165, 1.54) is 19.2 Å². The van der Waals surface area contributed by atoms with Crippen LogP contribution in [0.25, 0.3) is 0 Å². The van der Waals surface area contributed by atoms with E-state index >= 15 is 0 Å². The van der Waals surface area contributed by atoms with Crippen molar-refractivity contribution < 1.29 is 32.0 Å². The minimum atomic E-state index is -4.31. The Balaban J connectivity index is 1.73. The molecule has 3 aromatic rings. The summed E-state index contributed by atoms with van der Waals surface area (Å²) in [6.07, 6.45) is -4.31. The Labute approximate surface area is 187 Å². The lowest BCUT2D eigenvalue weighted by Crippen LogP contribution is -2.14. The summed E-state index contributed by atoms with van der Waals surface area (Å²) in [5.74, 6) is -0.125. The number of nitrogens with zero attached hydrogens (tertiary/aromatic N) is 1. The van der Waals surface area contributed by atoms with Gasteiger partial charge in [-0.3, -0.25) is 4.79 Å². The average molecular weight is 466 g/mol. The van der Waals surface area contributed by atoms with Gasteiger partial charge in [0, 0.05) is 10.5 Å². The van der Waals surface area contributed by atoms with Crippen molar-refractivity contribution in [3.8, 4) is 11.5 Å². The van der Waals surface area contributed by atoms with Crippen LogP contribution in [0, 0.1) is 13.8 Å². The quantitative estimate of drug-likeness (QED) is 0.424. The van der Waals surface area contributed by atoms with Crippen LogP contribution < -0.4 is 14.8 Å². The normalized spacial score (nSPS) is 11.3. The molecule has 0 fully saturated rings. The number of aryl methyl sites for hydroxylation is 2. The predicted molar refractivity (Wildman–Crippen MR) is 114 cm³/mol. The highest BCUT2D eigenvalue weighted by atomic mass is 32.2. The number of benzene rings is 2. The fraction of sp³-hybridized carbons (Fsp3) is 0.273. The summed E-state index contributed by atoms with van der Waals surface area (Å²) in [6, 6.07) is 11.0. The number of para-hydroxylation sites is 1. The number of carbonyl (C=O) groups excluding carboxylic acids is 1. The first kappa shape index (κ1) is 23.5. The molecule has 170 valence electrons. The second-order valence-electron chi connectivity index (χ2n) is 6.81. The minimum Gasteiger partial charge on any atom is -0.493 e. The number of hydrogen-bond donors (Lipinski definition) is 1. The Morgan fingerprint density at radius 2 is 1.91 bits per heavy atom. The number of anilines is 1. The third-order valence-corrected chi connectivity index (χ3v) is 5.64. The number of rotatable bonds is 8. The van der Waals surface area contributed by atoms with Crippen LogP contribution in [-0.2, 0) is 6.61 Å². The van der Waals surface area contributed by atoms with E-state index in [0.717, 1.165) is 11.3 Å². The number of amides is 1. The SMILES string of the molecule is COc1cc(C(=O)Nc2ccccc2SCC(F)(F)F)ccc1OCc1c(C)noc1C. The molecule has 0 radical (unpaired) electrons. The smallest absolute Gasteiger partial charge is 0.398 e. The number of aromatic nitrogens is 1. The van der Waals surface area contributed by atoms with Crippen LogP contribution in [0.1, 0.15) is 27.4 Å². The van der Waals surface area contributed by atoms with Crippen LogP contribution in [0.5, 0.6) is 11.5 Å². The predicted octanol–water partition coefficient (Wildman–Crippen LogP) is 5.79. The molecule has 0 aliphatic heterocycles. The average Bonchev–Trinajstić information content (AvgIpc) is 3.08. The second kappa shape index (κ2) is 9.99. The fourth-order valence-corrected chi connectivity index (χ4v) is 3.60. The van der Waals surface area contributed by atoms with Crippen molar-refractivity contribution in [2.75, 3.05) is 18.2 Å². The van der Waals surface area contributed by atoms with Crippen LogP contribution in [0.15, 0.2) is 51.9 Å². The molecule has 0 saturated heterocycles. The molecule has 3 rings (SSSR count). The molecule has 2 aromatic carbocycles. The second-order valence-corrected chi connectivity index (χ2v) is 7.83. The number of carbonyl (C=O) groups is 1. The van der Waals surface area contributed by atoms with E-state index in [-0.39, 0.29) is 12.2 Å². The Morgan fingerprint density at radius 3 is 2.56 bits per heavy atom. The highest BCUT2D eigenvalue weighted by molar-refractivity contribution is 7.99. The third kappa shape index (κ3) is 5.97. The molecule has 10 heteroatoms. The summed E-state index contributed by atoms with van der Waals surface area (Å²) in [7, 11) is 1.45. The Morgan fingerprint density at radius 1 is 1.16 bits per heavy atom. The van der Waals surface area contributed by atoms with E-state index < -0.39 is 17.8 Å². The monoisotopic (exact) mass is 466 g/mol. The molecule has 6 nitrogen and oxygen atoms in total. The van der Waals surface area contributed by atoms with Gasteiger partial charge >= 0.3 is 6.18 Å². The summed E-state index contributed by atoms with van der Waals surface area (Å²) in [5, 5.41) is 6.54. The number of halogens is 3. The number of thioether (sulfide) groups is 1. The zero-order valence-electron chi connectivity index (χ0n) is 17.6. The molecule has 0 bridgehead atoms.